The number of halogens is 2. The standard InChI is InChI=1S/C22H27Cl2N3O6S/c1-14(22(29)25-2)26(12-16-17(23)7-6-8-18(16)24)21(28)13-27(34(5,30)31)19-10-9-15(32-3)11-20(19)33-4/h6-11,14H,12-13H2,1-5H3,(H,25,29)/t14-/m1/s1. The number of amides is 2. The number of anilines is 1. The molecular formula is C22H27Cl2N3O6S. The first-order valence-electron chi connectivity index (χ1n) is 10.1. The molecule has 9 nitrogen and oxygen atoms in total. The SMILES string of the molecule is CNC(=O)[C@@H](C)N(Cc1c(Cl)cccc1Cl)C(=O)CN(c1ccc(OC)cc1OC)S(C)(=O)=O. The number of methoxy groups -OCH3 is 2. The van der Waals surface area contributed by atoms with Gasteiger partial charge in [-0.25, -0.2) is 8.42 Å². The molecule has 0 unspecified atom stereocenters. The first-order chi connectivity index (χ1) is 15.9. The van der Waals surface area contributed by atoms with E-state index < -0.39 is 34.4 Å². The van der Waals surface area contributed by atoms with Gasteiger partial charge in [0, 0.05) is 35.3 Å². The molecule has 0 heterocycles. The van der Waals surface area contributed by atoms with E-state index in [0.717, 1.165) is 10.6 Å². The molecule has 0 radical (unpaired) electrons. The van der Waals surface area contributed by atoms with Crippen molar-refractivity contribution in [2.45, 2.75) is 19.5 Å². The molecular weight excluding hydrogens is 505 g/mol. The number of nitrogens with one attached hydrogen (secondary N) is 1. The molecule has 0 aliphatic heterocycles. The number of sulfonamides is 1. The summed E-state index contributed by atoms with van der Waals surface area (Å²) in [7, 11) is 0.350. The molecule has 2 rings (SSSR count). The van der Waals surface area contributed by atoms with Crippen LogP contribution in [-0.2, 0) is 26.2 Å². The fourth-order valence-electron chi connectivity index (χ4n) is 3.23. The smallest absolute Gasteiger partial charge is 0.244 e. The number of carbonyl (C=O) groups is 2. The summed E-state index contributed by atoms with van der Waals surface area (Å²) in [5, 5.41) is 3.12. The average Bonchev–Trinajstić information content (AvgIpc) is 2.80. The Hall–Kier alpha value is -2.69. The first-order valence-corrected chi connectivity index (χ1v) is 12.7. The maximum absolute atomic E-state index is 13.5. The Labute approximate surface area is 209 Å². The number of likely N-dealkylation sites (N-methyl/N-ethyl adjacent to an activating group) is 1. The molecule has 1 N–H and O–H groups in total. The number of ether oxygens (including phenoxy) is 2. The fourth-order valence-corrected chi connectivity index (χ4v) is 4.60. The van der Waals surface area contributed by atoms with Gasteiger partial charge in [0.05, 0.1) is 26.2 Å². The number of hydrogen-bond donors (Lipinski definition) is 1. The highest BCUT2D eigenvalue weighted by molar-refractivity contribution is 7.92. The van der Waals surface area contributed by atoms with E-state index in [9.17, 15) is 18.0 Å². The van der Waals surface area contributed by atoms with Crippen LogP contribution in [0.15, 0.2) is 36.4 Å². The van der Waals surface area contributed by atoms with E-state index in [2.05, 4.69) is 5.32 Å². The van der Waals surface area contributed by atoms with Crippen LogP contribution in [0.3, 0.4) is 0 Å². The fraction of sp³-hybridized carbons (Fsp3) is 0.364. The second-order valence-electron chi connectivity index (χ2n) is 7.32. The molecule has 2 aromatic carbocycles. The van der Waals surface area contributed by atoms with Crippen LogP contribution in [0.5, 0.6) is 11.5 Å². The summed E-state index contributed by atoms with van der Waals surface area (Å²) in [5.74, 6) is -0.443. The van der Waals surface area contributed by atoms with Crippen molar-refractivity contribution in [3.8, 4) is 11.5 Å². The van der Waals surface area contributed by atoms with E-state index >= 15 is 0 Å². The zero-order valence-corrected chi connectivity index (χ0v) is 21.8. The summed E-state index contributed by atoms with van der Waals surface area (Å²) < 4.78 is 36.8. The molecule has 0 aliphatic rings. The maximum atomic E-state index is 13.5. The lowest BCUT2D eigenvalue weighted by Gasteiger charge is -2.32. The minimum absolute atomic E-state index is 0.108. The van der Waals surface area contributed by atoms with E-state index in [1.165, 1.54) is 45.2 Å². The van der Waals surface area contributed by atoms with Crippen LogP contribution >= 0.6 is 23.2 Å². The molecule has 0 spiro atoms. The minimum atomic E-state index is -3.93. The van der Waals surface area contributed by atoms with Crippen LogP contribution in [0.2, 0.25) is 10.0 Å². The van der Waals surface area contributed by atoms with Gasteiger partial charge in [-0.1, -0.05) is 29.3 Å². The molecule has 0 aliphatic carbocycles. The molecule has 0 bridgehead atoms. The summed E-state index contributed by atoms with van der Waals surface area (Å²) in [4.78, 5) is 27.1. The van der Waals surface area contributed by atoms with Crippen LogP contribution in [0.4, 0.5) is 5.69 Å². The van der Waals surface area contributed by atoms with E-state index in [1.54, 1.807) is 24.3 Å². The Bertz CT molecular complexity index is 1140. The number of carbonyl (C=O) groups excluding carboxylic acids is 2. The van der Waals surface area contributed by atoms with Crippen molar-refractivity contribution in [1.29, 1.82) is 0 Å². The van der Waals surface area contributed by atoms with Gasteiger partial charge in [0.15, 0.2) is 0 Å². The topological polar surface area (TPSA) is 105 Å². The first kappa shape index (κ1) is 27.6. The average molecular weight is 532 g/mol. The van der Waals surface area contributed by atoms with Crippen molar-refractivity contribution in [2.75, 3.05) is 38.4 Å². The minimum Gasteiger partial charge on any atom is -0.497 e. The Morgan fingerprint density at radius 1 is 1.09 bits per heavy atom. The van der Waals surface area contributed by atoms with Crippen molar-refractivity contribution >= 4 is 50.7 Å². The van der Waals surface area contributed by atoms with Crippen molar-refractivity contribution in [2.24, 2.45) is 0 Å². The largest absolute Gasteiger partial charge is 0.497 e. The molecule has 0 saturated heterocycles. The Kier molecular flexibility index (Phi) is 9.43. The third-order valence-corrected chi connectivity index (χ3v) is 6.97. The van der Waals surface area contributed by atoms with Gasteiger partial charge in [0.2, 0.25) is 21.8 Å². The zero-order valence-electron chi connectivity index (χ0n) is 19.5. The Balaban J connectivity index is 2.51. The van der Waals surface area contributed by atoms with E-state index in [0.29, 0.717) is 21.4 Å². The maximum Gasteiger partial charge on any atom is 0.244 e. The second-order valence-corrected chi connectivity index (χ2v) is 10.0. The molecule has 0 aromatic heterocycles. The second kappa shape index (κ2) is 11.6. The predicted molar refractivity (Wildman–Crippen MR) is 132 cm³/mol. The van der Waals surface area contributed by atoms with Crippen LogP contribution in [0.25, 0.3) is 0 Å². The molecule has 34 heavy (non-hydrogen) atoms. The van der Waals surface area contributed by atoms with Crippen molar-refractivity contribution < 1.29 is 27.5 Å². The van der Waals surface area contributed by atoms with Crippen molar-refractivity contribution in [1.82, 2.24) is 10.2 Å². The van der Waals surface area contributed by atoms with Gasteiger partial charge in [0.1, 0.15) is 24.1 Å². The molecule has 12 heteroatoms. The van der Waals surface area contributed by atoms with Gasteiger partial charge in [0.25, 0.3) is 0 Å². The monoisotopic (exact) mass is 531 g/mol. The van der Waals surface area contributed by atoms with Gasteiger partial charge in [-0.15, -0.1) is 0 Å². The van der Waals surface area contributed by atoms with Crippen molar-refractivity contribution in [3.05, 3.63) is 52.0 Å². The lowest BCUT2D eigenvalue weighted by Crippen LogP contribution is -2.50. The van der Waals surface area contributed by atoms with E-state index in [4.69, 9.17) is 32.7 Å². The quantitative estimate of drug-likeness (QED) is 0.505. The van der Waals surface area contributed by atoms with Crippen LogP contribution < -0.4 is 19.1 Å². The Morgan fingerprint density at radius 3 is 2.21 bits per heavy atom. The van der Waals surface area contributed by atoms with Crippen LogP contribution in [0, 0.1) is 0 Å². The van der Waals surface area contributed by atoms with Crippen LogP contribution in [-0.4, -0.2) is 65.2 Å². The van der Waals surface area contributed by atoms with Gasteiger partial charge < -0.3 is 19.7 Å². The predicted octanol–water partition coefficient (Wildman–Crippen LogP) is 2.94. The summed E-state index contributed by atoms with van der Waals surface area (Å²) in [5.41, 5.74) is 0.574. The highest BCUT2D eigenvalue weighted by atomic mass is 35.5. The van der Waals surface area contributed by atoms with Gasteiger partial charge in [-0.3, -0.25) is 13.9 Å². The molecule has 2 aromatic rings. The normalized spacial score (nSPS) is 12.0. The summed E-state index contributed by atoms with van der Waals surface area (Å²) >= 11 is 12.6. The lowest BCUT2D eigenvalue weighted by atomic mass is 10.1. The van der Waals surface area contributed by atoms with Gasteiger partial charge >= 0.3 is 0 Å². The number of nitrogens with zero attached hydrogens (tertiary/aromatic N) is 2. The lowest BCUT2D eigenvalue weighted by molar-refractivity contribution is -0.139. The summed E-state index contributed by atoms with van der Waals surface area (Å²) in [6, 6.07) is 8.47. The van der Waals surface area contributed by atoms with E-state index in [1.807, 2.05) is 0 Å². The number of benzene rings is 2. The van der Waals surface area contributed by atoms with Crippen LogP contribution in [0.1, 0.15) is 12.5 Å². The van der Waals surface area contributed by atoms with Gasteiger partial charge in [-0.2, -0.15) is 0 Å². The molecule has 0 saturated carbocycles. The van der Waals surface area contributed by atoms with E-state index in [-0.39, 0.29) is 18.0 Å². The Morgan fingerprint density at radius 2 is 1.71 bits per heavy atom. The van der Waals surface area contributed by atoms with Crippen molar-refractivity contribution in [3.63, 3.8) is 0 Å². The summed E-state index contributed by atoms with van der Waals surface area (Å²) in [6.45, 7) is 0.828. The number of rotatable bonds is 10. The van der Waals surface area contributed by atoms with Gasteiger partial charge in [-0.05, 0) is 31.2 Å². The third-order valence-electron chi connectivity index (χ3n) is 5.14. The molecule has 1 atom stereocenters. The molecule has 2 amide bonds. The number of hydrogen-bond acceptors (Lipinski definition) is 6. The highest BCUT2D eigenvalue weighted by Crippen LogP contribution is 2.34. The molecule has 186 valence electrons. The molecule has 0 fully saturated rings. The highest BCUT2D eigenvalue weighted by Gasteiger charge is 2.31. The zero-order chi connectivity index (χ0) is 25.6. The third kappa shape index (κ3) is 6.46. The summed E-state index contributed by atoms with van der Waals surface area (Å²) in [6.07, 6.45) is 0.974.